The maximum absolute atomic E-state index is 6.13. The summed E-state index contributed by atoms with van der Waals surface area (Å²) >= 11 is 0. The third kappa shape index (κ3) is 3.01. The normalized spacial score (nSPS) is 31.4. The van der Waals surface area contributed by atoms with Crippen LogP contribution in [0.3, 0.4) is 0 Å². The summed E-state index contributed by atoms with van der Waals surface area (Å²) in [7, 11) is 4.50. The van der Waals surface area contributed by atoms with E-state index in [-0.39, 0.29) is 5.54 Å². The average molecular weight is 241 g/mol. The van der Waals surface area contributed by atoms with Gasteiger partial charge in [0, 0.05) is 24.2 Å². The maximum atomic E-state index is 6.13. The van der Waals surface area contributed by atoms with Crippen molar-refractivity contribution in [3.8, 4) is 0 Å². The molecule has 0 spiro atoms. The Balaban J connectivity index is 2.81. The molecular weight excluding hydrogens is 210 g/mol. The molecule has 0 aromatic rings. The molecule has 0 bridgehead atoms. The quantitative estimate of drug-likeness (QED) is 0.798. The molecule has 2 unspecified atom stereocenters. The highest BCUT2D eigenvalue weighted by Gasteiger charge is 2.40. The molecule has 1 heterocycles. The fourth-order valence-electron chi connectivity index (χ4n) is 3.29. The second-order valence-corrected chi connectivity index (χ2v) is 5.79. The van der Waals surface area contributed by atoms with E-state index >= 15 is 0 Å². The molecule has 17 heavy (non-hydrogen) atoms. The van der Waals surface area contributed by atoms with Gasteiger partial charge in [-0.3, -0.25) is 4.90 Å². The van der Waals surface area contributed by atoms with Crippen molar-refractivity contribution in [1.82, 2.24) is 9.80 Å². The summed E-state index contributed by atoms with van der Waals surface area (Å²) in [4.78, 5) is 5.03. The molecule has 0 saturated carbocycles. The fraction of sp³-hybridized carbons (Fsp3) is 1.00. The number of rotatable bonds is 5. The molecule has 3 heteroatoms. The number of likely N-dealkylation sites (N-methyl/N-ethyl adjacent to an activating group) is 1. The van der Waals surface area contributed by atoms with Gasteiger partial charge in [-0.15, -0.1) is 0 Å². The van der Waals surface area contributed by atoms with Crippen LogP contribution < -0.4 is 5.73 Å². The highest BCUT2D eigenvalue weighted by molar-refractivity contribution is 4.99. The van der Waals surface area contributed by atoms with Gasteiger partial charge in [0.05, 0.1) is 0 Å². The zero-order chi connectivity index (χ0) is 13.1. The van der Waals surface area contributed by atoms with Gasteiger partial charge in [-0.05, 0) is 53.2 Å². The maximum Gasteiger partial charge on any atom is 0.0358 e. The third-order valence-electron chi connectivity index (χ3n) is 4.98. The minimum absolute atomic E-state index is 0.225. The van der Waals surface area contributed by atoms with Gasteiger partial charge >= 0.3 is 0 Å². The van der Waals surface area contributed by atoms with Crippen molar-refractivity contribution in [2.45, 2.75) is 64.1 Å². The molecule has 0 aromatic heterocycles. The van der Waals surface area contributed by atoms with E-state index in [4.69, 9.17) is 5.73 Å². The SMILES string of the molecule is CCC(CC)N(C)C1(CN)CCN(C)C(C)C1. The van der Waals surface area contributed by atoms with E-state index < -0.39 is 0 Å². The molecule has 1 saturated heterocycles. The van der Waals surface area contributed by atoms with Crippen LogP contribution in [0.15, 0.2) is 0 Å². The second-order valence-electron chi connectivity index (χ2n) is 5.79. The van der Waals surface area contributed by atoms with Crippen LogP contribution in [0.2, 0.25) is 0 Å². The van der Waals surface area contributed by atoms with Gasteiger partial charge in [0.25, 0.3) is 0 Å². The van der Waals surface area contributed by atoms with E-state index in [2.05, 4.69) is 44.7 Å². The first-order chi connectivity index (χ1) is 8.00. The van der Waals surface area contributed by atoms with Crippen LogP contribution in [-0.4, -0.2) is 54.6 Å². The Morgan fingerprint density at radius 3 is 2.41 bits per heavy atom. The van der Waals surface area contributed by atoms with E-state index in [1.165, 1.54) is 32.2 Å². The van der Waals surface area contributed by atoms with Gasteiger partial charge in [-0.1, -0.05) is 13.8 Å². The lowest BCUT2D eigenvalue weighted by molar-refractivity contribution is -0.000775. The van der Waals surface area contributed by atoms with Gasteiger partial charge in [-0.25, -0.2) is 0 Å². The summed E-state index contributed by atoms with van der Waals surface area (Å²) < 4.78 is 0. The van der Waals surface area contributed by atoms with Crippen molar-refractivity contribution in [2.75, 3.05) is 27.2 Å². The zero-order valence-electron chi connectivity index (χ0n) is 12.4. The van der Waals surface area contributed by atoms with Crippen LogP contribution in [0, 0.1) is 0 Å². The number of hydrogen-bond donors (Lipinski definition) is 1. The minimum Gasteiger partial charge on any atom is -0.329 e. The highest BCUT2D eigenvalue weighted by Crippen LogP contribution is 2.32. The van der Waals surface area contributed by atoms with E-state index in [1.54, 1.807) is 0 Å². The molecule has 0 amide bonds. The largest absolute Gasteiger partial charge is 0.329 e. The van der Waals surface area contributed by atoms with Crippen molar-refractivity contribution in [3.05, 3.63) is 0 Å². The lowest BCUT2D eigenvalue weighted by atomic mass is 9.81. The minimum atomic E-state index is 0.225. The molecule has 1 fully saturated rings. The summed E-state index contributed by atoms with van der Waals surface area (Å²) in [6.07, 6.45) is 4.85. The first-order valence-electron chi connectivity index (χ1n) is 7.14. The molecule has 1 aliphatic heterocycles. The number of likely N-dealkylation sites (tertiary alicyclic amines) is 1. The van der Waals surface area contributed by atoms with Crippen LogP contribution in [0.1, 0.15) is 46.5 Å². The first-order valence-corrected chi connectivity index (χ1v) is 7.14. The molecule has 2 atom stereocenters. The highest BCUT2D eigenvalue weighted by atomic mass is 15.2. The smallest absolute Gasteiger partial charge is 0.0358 e. The van der Waals surface area contributed by atoms with Crippen molar-refractivity contribution >= 4 is 0 Å². The summed E-state index contributed by atoms with van der Waals surface area (Å²) in [5.41, 5.74) is 6.36. The molecule has 0 aliphatic carbocycles. The summed E-state index contributed by atoms with van der Waals surface area (Å²) in [6, 6.07) is 1.32. The van der Waals surface area contributed by atoms with E-state index in [0.717, 1.165) is 6.54 Å². The Bertz CT molecular complexity index is 228. The zero-order valence-corrected chi connectivity index (χ0v) is 12.4. The molecule has 3 nitrogen and oxygen atoms in total. The predicted molar refractivity (Wildman–Crippen MR) is 75.2 cm³/mol. The molecule has 0 aromatic carbocycles. The van der Waals surface area contributed by atoms with Crippen LogP contribution >= 0.6 is 0 Å². The van der Waals surface area contributed by atoms with Gasteiger partial charge in [0.15, 0.2) is 0 Å². The fourth-order valence-corrected chi connectivity index (χ4v) is 3.29. The van der Waals surface area contributed by atoms with E-state index in [9.17, 15) is 0 Å². The van der Waals surface area contributed by atoms with Gasteiger partial charge < -0.3 is 10.6 Å². The Hall–Kier alpha value is -0.120. The van der Waals surface area contributed by atoms with Crippen molar-refractivity contribution in [2.24, 2.45) is 5.73 Å². The molecular formula is C14H31N3. The van der Waals surface area contributed by atoms with Gasteiger partial charge in [0.2, 0.25) is 0 Å². The third-order valence-corrected chi connectivity index (χ3v) is 4.98. The number of nitrogens with zero attached hydrogens (tertiary/aromatic N) is 2. The Labute approximate surface area is 107 Å². The Morgan fingerprint density at radius 2 is 2.00 bits per heavy atom. The molecule has 2 N–H and O–H groups in total. The molecule has 102 valence electrons. The van der Waals surface area contributed by atoms with Crippen LogP contribution in [0.4, 0.5) is 0 Å². The monoisotopic (exact) mass is 241 g/mol. The lowest BCUT2D eigenvalue weighted by Crippen LogP contribution is -2.62. The van der Waals surface area contributed by atoms with Gasteiger partial charge in [0.1, 0.15) is 0 Å². The first kappa shape index (κ1) is 14.9. The summed E-state index contributed by atoms with van der Waals surface area (Å²) in [5, 5.41) is 0. The Morgan fingerprint density at radius 1 is 1.41 bits per heavy atom. The summed E-state index contributed by atoms with van der Waals surface area (Å²) in [5.74, 6) is 0. The number of piperidine rings is 1. The van der Waals surface area contributed by atoms with Crippen LogP contribution in [0.25, 0.3) is 0 Å². The Kier molecular flexibility index (Phi) is 5.42. The standard InChI is InChI=1S/C14H31N3/c1-6-13(7-2)17(5)14(11-15)8-9-16(4)12(3)10-14/h12-13H,6-11,15H2,1-5H3. The van der Waals surface area contributed by atoms with Crippen molar-refractivity contribution in [3.63, 3.8) is 0 Å². The van der Waals surface area contributed by atoms with E-state index in [1.807, 2.05) is 0 Å². The topological polar surface area (TPSA) is 32.5 Å². The second kappa shape index (κ2) is 6.17. The van der Waals surface area contributed by atoms with E-state index in [0.29, 0.717) is 12.1 Å². The molecule has 1 rings (SSSR count). The molecule has 0 radical (unpaired) electrons. The number of nitrogens with two attached hydrogens (primary N) is 1. The lowest BCUT2D eigenvalue weighted by Gasteiger charge is -2.51. The predicted octanol–water partition coefficient (Wildman–Crippen LogP) is 1.92. The summed E-state index contributed by atoms with van der Waals surface area (Å²) in [6.45, 7) is 8.85. The average Bonchev–Trinajstić information content (AvgIpc) is 2.34. The number of hydrogen-bond acceptors (Lipinski definition) is 3. The van der Waals surface area contributed by atoms with Gasteiger partial charge in [-0.2, -0.15) is 0 Å². The van der Waals surface area contributed by atoms with Crippen molar-refractivity contribution in [1.29, 1.82) is 0 Å². The van der Waals surface area contributed by atoms with Crippen LogP contribution in [-0.2, 0) is 0 Å². The van der Waals surface area contributed by atoms with Crippen molar-refractivity contribution < 1.29 is 0 Å². The molecule has 1 aliphatic rings. The van der Waals surface area contributed by atoms with Crippen LogP contribution in [0.5, 0.6) is 0 Å².